The Bertz CT molecular complexity index is 445. The lowest BCUT2D eigenvalue weighted by molar-refractivity contribution is -0.143. The van der Waals surface area contributed by atoms with Crippen molar-refractivity contribution in [2.45, 2.75) is 52.9 Å². The minimum Gasteiger partial charge on any atom is -0.481 e. The maximum absolute atomic E-state index is 11.4. The van der Waals surface area contributed by atoms with Crippen molar-refractivity contribution in [1.82, 2.24) is 0 Å². The zero-order valence-corrected chi connectivity index (χ0v) is 14.1. The lowest BCUT2D eigenvalue weighted by atomic mass is 9.84. The highest BCUT2D eigenvalue weighted by molar-refractivity contribution is 5.78. The molecule has 4 heteroatoms. The Kier molecular flexibility index (Phi) is 9.92. The van der Waals surface area contributed by atoms with Gasteiger partial charge in [-0.25, -0.2) is 0 Å². The third-order valence-corrected chi connectivity index (χ3v) is 3.82. The number of rotatable bonds is 8. The van der Waals surface area contributed by atoms with Crippen LogP contribution in [0.15, 0.2) is 30.3 Å². The van der Waals surface area contributed by atoms with E-state index in [2.05, 4.69) is 0 Å². The fraction of sp³-hybridized carbons (Fsp3) is 0.556. The van der Waals surface area contributed by atoms with E-state index in [4.69, 9.17) is 5.73 Å². The number of primary amides is 1. The summed E-state index contributed by atoms with van der Waals surface area (Å²) < 4.78 is 0. The fourth-order valence-electron chi connectivity index (χ4n) is 2.47. The van der Waals surface area contributed by atoms with Gasteiger partial charge in [0.2, 0.25) is 5.91 Å². The third kappa shape index (κ3) is 6.74. The highest BCUT2D eigenvalue weighted by Gasteiger charge is 2.26. The van der Waals surface area contributed by atoms with Gasteiger partial charge in [0.25, 0.3) is 0 Å². The molecule has 0 aliphatic rings. The van der Waals surface area contributed by atoms with Crippen LogP contribution in [-0.4, -0.2) is 17.0 Å². The molecule has 1 rings (SSSR count). The van der Waals surface area contributed by atoms with Crippen LogP contribution in [0, 0.1) is 11.8 Å². The second-order valence-corrected chi connectivity index (χ2v) is 5.33. The Balaban J connectivity index is 0.00000211. The van der Waals surface area contributed by atoms with E-state index in [-0.39, 0.29) is 11.8 Å². The van der Waals surface area contributed by atoms with E-state index < -0.39 is 17.8 Å². The van der Waals surface area contributed by atoms with Gasteiger partial charge in [-0.15, -0.1) is 0 Å². The van der Waals surface area contributed by atoms with Crippen LogP contribution in [0.1, 0.15) is 58.4 Å². The van der Waals surface area contributed by atoms with Crippen LogP contribution in [0.2, 0.25) is 0 Å². The van der Waals surface area contributed by atoms with E-state index in [0.29, 0.717) is 19.3 Å². The SMILES string of the molecule is CC.CCC(CC(CC(C)c1ccccc1)C(=O)O)C(N)=O. The molecule has 0 heterocycles. The summed E-state index contributed by atoms with van der Waals surface area (Å²) in [6.07, 6.45) is 1.42. The molecule has 1 aromatic carbocycles. The van der Waals surface area contributed by atoms with Crippen molar-refractivity contribution in [3.63, 3.8) is 0 Å². The molecular formula is C18H29NO3. The number of carboxylic acid groups (broad SMARTS) is 1. The summed E-state index contributed by atoms with van der Waals surface area (Å²) in [6.45, 7) is 7.87. The molecule has 0 aliphatic heterocycles. The zero-order chi connectivity index (χ0) is 17.1. The van der Waals surface area contributed by atoms with Gasteiger partial charge in [0.05, 0.1) is 5.92 Å². The number of carboxylic acids is 1. The molecule has 0 bridgehead atoms. The molecular weight excluding hydrogens is 278 g/mol. The molecule has 3 atom stereocenters. The van der Waals surface area contributed by atoms with Gasteiger partial charge in [-0.1, -0.05) is 58.0 Å². The molecule has 0 aromatic heterocycles. The first kappa shape index (κ1) is 20.2. The number of hydrogen-bond acceptors (Lipinski definition) is 2. The first-order chi connectivity index (χ1) is 10.5. The normalized spacial score (nSPS) is 14.2. The molecule has 0 spiro atoms. The summed E-state index contributed by atoms with van der Waals surface area (Å²) in [6, 6.07) is 9.81. The van der Waals surface area contributed by atoms with Gasteiger partial charge in [0.15, 0.2) is 0 Å². The molecule has 0 fully saturated rings. The number of hydrogen-bond donors (Lipinski definition) is 2. The quantitative estimate of drug-likeness (QED) is 0.766. The van der Waals surface area contributed by atoms with Crippen molar-refractivity contribution in [3.8, 4) is 0 Å². The number of carbonyl (C=O) groups excluding carboxylic acids is 1. The molecule has 0 radical (unpaired) electrons. The maximum atomic E-state index is 11.4. The van der Waals surface area contributed by atoms with E-state index >= 15 is 0 Å². The monoisotopic (exact) mass is 307 g/mol. The summed E-state index contributed by atoms with van der Waals surface area (Å²) in [5.41, 5.74) is 6.42. The zero-order valence-electron chi connectivity index (χ0n) is 14.1. The predicted octanol–water partition coefficient (Wildman–Crippen LogP) is 3.81. The molecule has 22 heavy (non-hydrogen) atoms. The van der Waals surface area contributed by atoms with E-state index in [1.54, 1.807) is 0 Å². The van der Waals surface area contributed by atoms with E-state index in [0.717, 1.165) is 5.56 Å². The second kappa shape index (κ2) is 10.8. The number of aliphatic carboxylic acids is 1. The Morgan fingerprint density at radius 1 is 1.09 bits per heavy atom. The predicted molar refractivity (Wildman–Crippen MR) is 89.5 cm³/mol. The highest BCUT2D eigenvalue weighted by atomic mass is 16.4. The molecule has 3 N–H and O–H groups in total. The molecule has 0 saturated carbocycles. The van der Waals surface area contributed by atoms with Gasteiger partial charge in [-0.2, -0.15) is 0 Å². The van der Waals surface area contributed by atoms with Crippen LogP contribution in [0.25, 0.3) is 0 Å². The summed E-state index contributed by atoms with van der Waals surface area (Å²) in [4.78, 5) is 22.7. The van der Waals surface area contributed by atoms with Crippen LogP contribution in [0.5, 0.6) is 0 Å². The minimum absolute atomic E-state index is 0.141. The van der Waals surface area contributed by atoms with Crippen LogP contribution in [0.4, 0.5) is 0 Å². The van der Waals surface area contributed by atoms with Crippen molar-refractivity contribution >= 4 is 11.9 Å². The third-order valence-electron chi connectivity index (χ3n) is 3.82. The van der Waals surface area contributed by atoms with Crippen molar-refractivity contribution in [1.29, 1.82) is 0 Å². The second-order valence-electron chi connectivity index (χ2n) is 5.33. The van der Waals surface area contributed by atoms with Crippen LogP contribution in [0.3, 0.4) is 0 Å². The van der Waals surface area contributed by atoms with E-state index in [1.807, 2.05) is 58.0 Å². The molecule has 0 saturated heterocycles. The summed E-state index contributed by atoms with van der Waals surface area (Å²) in [5.74, 6) is -2.02. The minimum atomic E-state index is -0.854. The topological polar surface area (TPSA) is 80.4 Å². The van der Waals surface area contributed by atoms with Crippen LogP contribution >= 0.6 is 0 Å². The highest BCUT2D eigenvalue weighted by Crippen LogP contribution is 2.28. The lowest BCUT2D eigenvalue weighted by Crippen LogP contribution is -2.28. The number of carbonyl (C=O) groups is 2. The largest absolute Gasteiger partial charge is 0.481 e. The van der Waals surface area contributed by atoms with Crippen LogP contribution < -0.4 is 5.73 Å². The average Bonchev–Trinajstić information content (AvgIpc) is 2.53. The first-order valence-corrected chi connectivity index (χ1v) is 8.02. The van der Waals surface area contributed by atoms with Gasteiger partial charge in [-0.3, -0.25) is 9.59 Å². The summed E-state index contributed by atoms with van der Waals surface area (Å²) in [5, 5.41) is 9.34. The lowest BCUT2D eigenvalue weighted by Gasteiger charge is -2.21. The number of benzene rings is 1. The molecule has 124 valence electrons. The van der Waals surface area contributed by atoms with E-state index in [1.165, 1.54) is 0 Å². The van der Waals surface area contributed by atoms with Crippen molar-refractivity contribution in [2.75, 3.05) is 0 Å². The Labute approximate surface area is 133 Å². The number of amides is 1. The Hall–Kier alpha value is -1.84. The van der Waals surface area contributed by atoms with Gasteiger partial charge in [-0.05, 0) is 30.7 Å². The van der Waals surface area contributed by atoms with Gasteiger partial charge in [0, 0.05) is 5.92 Å². The van der Waals surface area contributed by atoms with Crippen molar-refractivity contribution < 1.29 is 14.7 Å². The van der Waals surface area contributed by atoms with Crippen molar-refractivity contribution in [3.05, 3.63) is 35.9 Å². The smallest absolute Gasteiger partial charge is 0.306 e. The standard InChI is InChI=1S/C16H23NO3.C2H6/c1-3-12(15(17)18)10-14(16(19)20)9-11(2)13-7-5-4-6-8-13;1-2/h4-8,11-12,14H,3,9-10H2,1-2H3,(H2,17,18)(H,19,20);1-2H3. The van der Waals surface area contributed by atoms with Crippen LogP contribution in [-0.2, 0) is 9.59 Å². The van der Waals surface area contributed by atoms with Gasteiger partial charge >= 0.3 is 5.97 Å². The average molecular weight is 307 g/mol. The maximum Gasteiger partial charge on any atom is 0.306 e. The molecule has 1 amide bonds. The molecule has 0 aliphatic carbocycles. The Morgan fingerprint density at radius 2 is 1.64 bits per heavy atom. The van der Waals surface area contributed by atoms with E-state index in [9.17, 15) is 14.7 Å². The summed E-state index contributed by atoms with van der Waals surface area (Å²) >= 11 is 0. The number of nitrogens with two attached hydrogens (primary N) is 1. The van der Waals surface area contributed by atoms with Crippen molar-refractivity contribution in [2.24, 2.45) is 17.6 Å². The summed E-state index contributed by atoms with van der Waals surface area (Å²) in [7, 11) is 0. The first-order valence-electron chi connectivity index (χ1n) is 8.02. The van der Waals surface area contributed by atoms with Gasteiger partial charge in [0.1, 0.15) is 0 Å². The molecule has 4 nitrogen and oxygen atoms in total. The molecule has 1 aromatic rings. The Morgan fingerprint density at radius 3 is 2.05 bits per heavy atom. The molecule has 3 unspecified atom stereocenters. The van der Waals surface area contributed by atoms with Gasteiger partial charge < -0.3 is 10.8 Å². The fourth-order valence-corrected chi connectivity index (χ4v) is 2.47.